The lowest BCUT2D eigenvalue weighted by Crippen LogP contribution is -2.63. The molecule has 0 bridgehead atoms. The van der Waals surface area contributed by atoms with Crippen molar-refractivity contribution in [1.29, 1.82) is 0 Å². The molecule has 80 valence electrons. The minimum absolute atomic E-state index is 0.00190. The minimum Gasteiger partial charge on any atom is -0.480 e. The molecule has 5 nitrogen and oxygen atoms in total. The summed E-state index contributed by atoms with van der Waals surface area (Å²) in [6, 6.07) is -0.770. The van der Waals surface area contributed by atoms with Gasteiger partial charge in [-0.3, -0.25) is 14.9 Å². The number of aliphatic carboxylic acids is 1. The monoisotopic (exact) mass is 200 g/mol. The van der Waals surface area contributed by atoms with Crippen molar-refractivity contribution in [3.63, 3.8) is 0 Å². The summed E-state index contributed by atoms with van der Waals surface area (Å²) in [6.45, 7) is 5.82. The quantitative estimate of drug-likeness (QED) is 0.553. The van der Waals surface area contributed by atoms with Crippen LogP contribution < -0.4 is 10.6 Å². The van der Waals surface area contributed by atoms with Crippen LogP contribution in [0.3, 0.4) is 0 Å². The number of carbonyl (C=O) groups excluding carboxylic acids is 1. The van der Waals surface area contributed by atoms with Crippen LogP contribution in [0.1, 0.15) is 27.2 Å². The van der Waals surface area contributed by atoms with Crippen molar-refractivity contribution in [2.75, 3.05) is 0 Å². The maximum Gasteiger partial charge on any atom is 0.321 e. The number of carboxylic acid groups (broad SMARTS) is 1. The molecule has 0 radical (unpaired) electrons. The minimum atomic E-state index is -0.978. The van der Waals surface area contributed by atoms with E-state index in [2.05, 4.69) is 10.6 Å². The molecule has 0 saturated carbocycles. The van der Waals surface area contributed by atoms with E-state index in [1.54, 1.807) is 0 Å². The van der Waals surface area contributed by atoms with Gasteiger partial charge in [-0.2, -0.15) is 0 Å². The van der Waals surface area contributed by atoms with Crippen molar-refractivity contribution < 1.29 is 14.7 Å². The third-order valence-electron chi connectivity index (χ3n) is 2.23. The van der Waals surface area contributed by atoms with Gasteiger partial charge in [0.15, 0.2) is 0 Å². The van der Waals surface area contributed by atoms with Crippen molar-refractivity contribution in [1.82, 2.24) is 10.6 Å². The molecule has 1 rings (SSSR count). The normalized spacial score (nSPS) is 28.4. The van der Waals surface area contributed by atoms with Crippen LogP contribution in [0.15, 0.2) is 0 Å². The van der Waals surface area contributed by atoms with Gasteiger partial charge in [0.05, 0.1) is 12.6 Å². The van der Waals surface area contributed by atoms with Crippen molar-refractivity contribution >= 4 is 11.9 Å². The summed E-state index contributed by atoms with van der Waals surface area (Å²) in [4.78, 5) is 22.0. The summed E-state index contributed by atoms with van der Waals surface area (Å²) in [5.74, 6) is -1.19. The van der Waals surface area contributed by atoms with Gasteiger partial charge >= 0.3 is 5.97 Å². The van der Waals surface area contributed by atoms with Crippen LogP contribution >= 0.6 is 0 Å². The second-order valence-corrected chi connectivity index (χ2v) is 4.63. The third-order valence-corrected chi connectivity index (χ3v) is 2.23. The van der Waals surface area contributed by atoms with E-state index in [0.717, 1.165) is 0 Å². The second-order valence-electron chi connectivity index (χ2n) is 4.63. The maximum atomic E-state index is 11.2. The lowest BCUT2D eigenvalue weighted by atomic mass is 9.90. The predicted octanol–water partition coefficient (Wildman–Crippen LogP) is -0.0787. The van der Waals surface area contributed by atoms with Gasteiger partial charge in [-0.05, 0) is 5.41 Å². The lowest BCUT2D eigenvalue weighted by molar-refractivity contribution is -0.144. The van der Waals surface area contributed by atoms with E-state index >= 15 is 0 Å². The Morgan fingerprint density at radius 3 is 2.50 bits per heavy atom. The number of hydrogen-bond donors (Lipinski definition) is 3. The molecule has 1 heterocycles. The van der Waals surface area contributed by atoms with Crippen LogP contribution in [0.25, 0.3) is 0 Å². The van der Waals surface area contributed by atoms with E-state index in [1.807, 2.05) is 20.8 Å². The largest absolute Gasteiger partial charge is 0.480 e. The van der Waals surface area contributed by atoms with E-state index in [1.165, 1.54) is 0 Å². The number of amides is 1. The van der Waals surface area contributed by atoms with Crippen molar-refractivity contribution in [2.24, 2.45) is 5.41 Å². The highest BCUT2D eigenvalue weighted by atomic mass is 16.4. The van der Waals surface area contributed by atoms with Gasteiger partial charge in [-0.1, -0.05) is 20.8 Å². The summed E-state index contributed by atoms with van der Waals surface area (Å²) in [5, 5.41) is 14.4. The van der Waals surface area contributed by atoms with Gasteiger partial charge in [0.1, 0.15) is 6.04 Å². The van der Waals surface area contributed by atoms with Crippen LogP contribution in [0, 0.1) is 5.41 Å². The molecular formula is C9H16N2O3. The molecule has 1 saturated heterocycles. The number of rotatable bonds is 1. The van der Waals surface area contributed by atoms with E-state index in [9.17, 15) is 9.59 Å². The predicted molar refractivity (Wildman–Crippen MR) is 50.6 cm³/mol. The fraction of sp³-hybridized carbons (Fsp3) is 0.778. The Hall–Kier alpha value is -1.10. The fourth-order valence-corrected chi connectivity index (χ4v) is 1.33. The molecule has 1 fully saturated rings. The smallest absolute Gasteiger partial charge is 0.321 e. The highest BCUT2D eigenvalue weighted by molar-refractivity contribution is 5.85. The summed E-state index contributed by atoms with van der Waals surface area (Å²) in [5.41, 5.74) is -0.191. The second kappa shape index (κ2) is 3.57. The summed E-state index contributed by atoms with van der Waals surface area (Å²) < 4.78 is 0. The molecule has 1 aliphatic heterocycles. The van der Waals surface area contributed by atoms with Crippen LogP contribution in [-0.4, -0.2) is 29.2 Å². The van der Waals surface area contributed by atoms with Crippen LogP contribution in [0.2, 0.25) is 0 Å². The zero-order valence-electron chi connectivity index (χ0n) is 8.63. The molecule has 0 unspecified atom stereocenters. The van der Waals surface area contributed by atoms with E-state index in [-0.39, 0.29) is 23.9 Å². The number of hydrogen-bond acceptors (Lipinski definition) is 3. The Bertz CT molecular complexity index is 257. The van der Waals surface area contributed by atoms with Gasteiger partial charge in [0.2, 0.25) is 5.91 Å². The van der Waals surface area contributed by atoms with Gasteiger partial charge in [0.25, 0.3) is 0 Å². The molecule has 14 heavy (non-hydrogen) atoms. The van der Waals surface area contributed by atoms with Gasteiger partial charge < -0.3 is 10.4 Å². The zero-order valence-corrected chi connectivity index (χ0v) is 8.63. The standard InChI is InChI=1S/C9H16N2O3/c1-9(2,3)8-10-5(7(13)14)4-6(12)11-8/h5,8,10H,4H2,1-3H3,(H,11,12)(H,13,14)/t5-,8+/m0/s1. The van der Waals surface area contributed by atoms with Crippen molar-refractivity contribution in [3.8, 4) is 0 Å². The maximum absolute atomic E-state index is 11.2. The highest BCUT2D eigenvalue weighted by Crippen LogP contribution is 2.20. The Morgan fingerprint density at radius 1 is 1.50 bits per heavy atom. The van der Waals surface area contributed by atoms with Gasteiger partial charge in [-0.15, -0.1) is 0 Å². The Labute approximate surface area is 82.9 Å². The average Bonchev–Trinajstić information content (AvgIpc) is 2.01. The van der Waals surface area contributed by atoms with Gasteiger partial charge in [0, 0.05) is 0 Å². The zero-order chi connectivity index (χ0) is 10.9. The Morgan fingerprint density at radius 2 is 2.07 bits per heavy atom. The SMILES string of the molecule is CC(C)(C)[C@H]1NC(=O)C[C@@H](C(=O)O)N1. The summed E-state index contributed by atoms with van der Waals surface area (Å²) in [6.07, 6.45) is -0.285. The number of carboxylic acids is 1. The van der Waals surface area contributed by atoms with Crippen LogP contribution in [-0.2, 0) is 9.59 Å². The highest BCUT2D eigenvalue weighted by Gasteiger charge is 2.36. The molecule has 0 aliphatic carbocycles. The van der Waals surface area contributed by atoms with E-state index in [4.69, 9.17) is 5.11 Å². The van der Waals surface area contributed by atoms with Crippen LogP contribution in [0.4, 0.5) is 0 Å². The molecule has 5 heteroatoms. The Kier molecular flexibility index (Phi) is 2.80. The van der Waals surface area contributed by atoms with E-state index in [0.29, 0.717) is 0 Å². The summed E-state index contributed by atoms with van der Waals surface area (Å²) >= 11 is 0. The third kappa shape index (κ3) is 2.45. The van der Waals surface area contributed by atoms with Crippen molar-refractivity contribution in [3.05, 3.63) is 0 Å². The first-order valence-electron chi connectivity index (χ1n) is 4.59. The summed E-state index contributed by atoms with van der Waals surface area (Å²) in [7, 11) is 0. The molecule has 0 aromatic heterocycles. The topological polar surface area (TPSA) is 78.4 Å². The van der Waals surface area contributed by atoms with Crippen molar-refractivity contribution in [2.45, 2.75) is 39.4 Å². The molecule has 1 amide bonds. The van der Waals surface area contributed by atoms with Crippen LogP contribution in [0.5, 0.6) is 0 Å². The molecule has 0 aromatic carbocycles. The molecule has 2 atom stereocenters. The Balaban J connectivity index is 2.73. The first-order chi connectivity index (χ1) is 6.30. The first-order valence-corrected chi connectivity index (χ1v) is 4.59. The van der Waals surface area contributed by atoms with Gasteiger partial charge in [-0.25, -0.2) is 0 Å². The van der Waals surface area contributed by atoms with E-state index < -0.39 is 12.0 Å². The molecule has 0 aromatic rings. The molecule has 1 aliphatic rings. The fourth-order valence-electron chi connectivity index (χ4n) is 1.33. The average molecular weight is 200 g/mol. The molecule has 0 spiro atoms. The molecule has 3 N–H and O–H groups in total. The number of carbonyl (C=O) groups is 2. The number of nitrogens with one attached hydrogen (secondary N) is 2. The molecular weight excluding hydrogens is 184 g/mol. The lowest BCUT2D eigenvalue weighted by Gasteiger charge is -2.37. The first kappa shape index (κ1) is 11.0.